The van der Waals surface area contributed by atoms with Gasteiger partial charge in [0.2, 0.25) is 0 Å². The van der Waals surface area contributed by atoms with Crippen molar-refractivity contribution >= 4 is 10.8 Å². The van der Waals surface area contributed by atoms with Crippen molar-refractivity contribution < 1.29 is 36.2 Å². The normalized spacial score (nSPS) is 18.1. The molecule has 0 aromatic heterocycles. The zero-order valence-corrected chi connectivity index (χ0v) is 22.2. The molecular formula is C31H35F5O3. The lowest BCUT2D eigenvalue weighted by atomic mass is 9.97. The zero-order chi connectivity index (χ0) is 27.8. The molecule has 0 unspecified atom stereocenters. The Kier molecular flexibility index (Phi) is 10.3. The molecule has 0 bridgehead atoms. The molecule has 0 spiro atoms. The first-order valence-electron chi connectivity index (χ1n) is 13.6. The van der Waals surface area contributed by atoms with E-state index in [9.17, 15) is 17.6 Å². The molecule has 3 aromatic rings. The lowest BCUT2D eigenvalue weighted by Crippen LogP contribution is -2.37. The van der Waals surface area contributed by atoms with Gasteiger partial charge < -0.3 is 14.2 Å². The van der Waals surface area contributed by atoms with Gasteiger partial charge in [0, 0.05) is 18.4 Å². The quantitative estimate of drug-likeness (QED) is 0.168. The smallest absolute Gasteiger partial charge is 0.373 e. The van der Waals surface area contributed by atoms with Crippen LogP contribution in [0.5, 0.6) is 0 Å². The third-order valence-corrected chi connectivity index (χ3v) is 7.08. The molecule has 1 aliphatic heterocycles. The second kappa shape index (κ2) is 13.7. The van der Waals surface area contributed by atoms with Crippen molar-refractivity contribution in [1.29, 1.82) is 0 Å². The Morgan fingerprint density at radius 1 is 0.846 bits per heavy atom. The van der Waals surface area contributed by atoms with Crippen molar-refractivity contribution in [2.45, 2.75) is 76.9 Å². The van der Waals surface area contributed by atoms with Crippen molar-refractivity contribution in [2.24, 2.45) is 0 Å². The van der Waals surface area contributed by atoms with E-state index in [-0.39, 0.29) is 31.1 Å². The average Bonchev–Trinajstić information content (AvgIpc) is 2.91. The zero-order valence-electron chi connectivity index (χ0n) is 22.2. The van der Waals surface area contributed by atoms with Gasteiger partial charge >= 0.3 is 6.18 Å². The molecule has 1 fully saturated rings. The number of hydrogen-bond donors (Lipinski definition) is 0. The third-order valence-electron chi connectivity index (χ3n) is 7.08. The first kappa shape index (κ1) is 29.4. The molecule has 0 amide bonds. The van der Waals surface area contributed by atoms with E-state index in [1.807, 2.05) is 18.2 Å². The summed E-state index contributed by atoms with van der Waals surface area (Å²) in [6.45, 7) is 3.94. The SMILES string of the molecule is CCCCCCOC1COC(CCc2ccc3c(F)c(CCc4ccc(C(F)(F)F)c(F)c4)ccc3c2)OC1. The fourth-order valence-corrected chi connectivity index (χ4v) is 4.81. The van der Waals surface area contributed by atoms with Gasteiger partial charge in [-0.3, -0.25) is 0 Å². The van der Waals surface area contributed by atoms with Crippen LogP contribution < -0.4 is 0 Å². The van der Waals surface area contributed by atoms with E-state index in [1.54, 1.807) is 12.1 Å². The predicted molar refractivity (Wildman–Crippen MR) is 141 cm³/mol. The Bertz CT molecular complexity index is 1220. The first-order valence-corrected chi connectivity index (χ1v) is 13.6. The number of alkyl halides is 3. The number of ether oxygens (including phenoxy) is 3. The summed E-state index contributed by atoms with van der Waals surface area (Å²) in [6.07, 6.45) is 1.44. The molecule has 39 heavy (non-hydrogen) atoms. The second-order valence-corrected chi connectivity index (χ2v) is 10.1. The number of halogens is 5. The van der Waals surface area contributed by atoms with Crippen molar-refractivity contribution in [3.63, 3.8) is 0 Å². The maximum absolute atomic E-state index is 15.2. The summed E-state index contributed by atoms with van der Waals surface area (Å²) in [5.74, 6) is -1.69. The topological polar surface area (TPSA) is 27.7 Å². The van der Waals surface area contributed by atoms with Crippen LogP contribution in [0.25, 0.3) is 10.8 Å². The van der Waals surface area contributed by atoms with Gasteiger partial charge in [0.1, 0.15) is 17.7 Å². The van der Waals surface area contributed by atoms with Gasteiger partial charge in [-0.15, -0.1) is 0 Å². The maximum atomic E-state index is 15.2. The standard InChI is InChI=1S/C31H35F5O3/c1-2-3-4-5-16-37-25-19-38-29(39-20-25)15-9-21-7-13-26-24(17-21)12-11-23(30(26)33)10-6-22-8-14-27(28(32)18-22)31(34,35)36/h7-8,11-14,17-18,25,29H,2-6,9-10,15-16,19-20H2,1H3. The van der Waals surface area contributed by atoms with Crippen LogP contribution in [0.4, 0.5) is 22.0 Å². The monoisotopic (exact) mass is 550 g/mol. The summed E-state index contributed by atoms with van der Waals surface area (Å²) in [4.78, 5) is 0. The summed E-state index contributed by atoms with van der Waals surface area (Å²) in [7, 11) is 0. The van der Waals surface area contributed by atoms with Gasteiger partial charge in [0.15, 0.2) is 6.29 Å². The number of hydrogen-bond acceptors (Lipinski definition) is 3. The second-order valence-electron chi connectivity index (χ2n) is 10.1. The summed E-state index contributed by atoms with van der Waals surface area (Å²) in [5.41, 5.74) is 0.553. The largest absolute Gasteiger partial charge is 0.419 e. The van der Waals surface area contributed by atoms with Crippen LogP contribution in [0, 0.1) is 11.6 Å². The molecule has 4 rings (SSSR count). The number of unbranched alkanes of at least 4 members (excludes halogenated alkanes) is 3. The van der Waals surface area contributed by atoms with Crippen LogP contribution in [0.2, 0.25) is 0 Å². The highest BCUT2D eigenvalue weighted by Crippen LogP contribution is 2.32. The minimum atomic E-state index is -4.74. The van der Waals surface area contributed by atoms with Crippen molar-refractivity contribution in [2.75, 3.05) is 19.8 Å². The molecule has 1 saturated heterocycles. The maximum Gasteiger partial charge on any atom is 0.419 e. The lowest BCUT2D eigenvalue weighted by molar-refractivity contribution is -0.227. The number of fused-ring (bicyclic) bond motifs is 1. The van der Waals surface area contributed by atoms with E-state index < -0.39 is 17.6 Å². The number of aryl methyl sites for hydroxylation is 3. The van der Waals surface area contributed by atoms with Gasteiger partial charge in [-0.05, 0) is 59.9 Å². The van der Waals surface area contributed by atoms with E-state index >= 15 is 4.39 Å². The molecule has 0 atom stereocenters. The van der Waals surface area contributed by atoms with Crippen LogP contribution in [-0.2, 0) is 39.6 Å². The summed E-state index contributed by atoms with van der Waals surface area (Å²) >= 11 is 0. The van der Waals surface area contributed by atoms with Crippen molar-refractivity contribution in [1.82, 2.24) is 0 Å². The molecular weight excluding hydrogens is 515 g/mol. The van der Waals surface area contributed by atoms with Gasteiger partial charge in [-0.1, -0.05) is 62.6 Å². The Labute approximate surface area is 226 Å². The summed E-state index contributed by atoms with van der Waals surface area (Å²) < 4.78 is 84.9. The van der Waals surface area contributed by atoms with Crippen LogP contribution in [0.15, 0.2) is 48.5 Å². The van der Waals surface area contributed by atoms with Gasteiger partial charge in [0.25, 0.3) is 0 Å². The molecule has 0 saturated carbocycles. The van der Waals surface area contributed by atoms with E-state index in [0.717, 1.165) is 36.1 Å². The minimum absolute atomic E-state index is 0.0287. The highest BCUT2D eigenvalue weighted by Gasteiger charge is 2.33. The van der Waals surface area contributed by atoms with Crippen LogP contribution in [-0.4, -0.2) is 32.2 Å². The van der Waals surface area contributed by atoms with E-state index in [4.69, 9.17) is 14.2 Å². The highest BCUT2D eigenvalue weighted by molar-refractivity contribution is 5.84. The highest BCUT2D eigenvalue weighted by atomic mass is 19.4. The van der Waals surface area contributed by atoms with Gasteiger partial charge in [-0.2, -0.15) is 13.2 Å². The van der Waals surface area contributed by atoms with Crippen molar-refractivity contribution in [3.05, 3.63) is 82.4 Å². The first-order chi connectivity index (χ1) is 18.7. The number of rotatable bonds is 12. The molecule has 0 N–H and O–H groups in total. The molecule has 0 radical (unpaired) electrons. The Hall–Kier alpha value is -2.55. The molecule has 212 valence electrons. The predicted octanol–water partition coefficient (Wildman–Crippen LogP) is 8.19. The fraction of sp³-hybridized carbons (Fsp3) is 0.484. The lowest BCUT2D eigenvalue weighted by Gasteiger charge is -2.29. The Balaban J connectivity index is 1.27. The molecule has 8 heteroatoms. The summed E-state index contributed by atoms with van der Waals surface area (Å²) in [5, 5.41) is 1.23. The van der Waals surface area contributed by atoms with Crippen molar-refractivity contribution in [3.8, 4) is 0 Å². The Morgan fingerprint density at radius 2 is 1.59 bits per heavy atom. The molecule has 1 aliphatic rings. The van der Waals surface area contributed by atoms with E-state index in [2.05, 4.69) is 6.92 Å². The molecule has 3 aromatic carbocycles. The van der Waals surface area contributed by atoms with Gasteiger partial charge in [0.05, 0.1) is 18.8 Å². The summed E-state index contributed by atoms with van der Waals surface area (Å²) in [6, 6.07) is 11.9. The van der Waals surface area contributed by atoms with Crippen LogP contribution in [0.3, 0.4) is 0 Å². The third kappa shape index (κ3) is 8.22. The van der Waals surface area contributed by atoms with Crippen LogP contribution >= 0.6 is 0 Å². The van der Waals surface area contributed by atoms with E-state index in [0.29, 0.717) is 42.6 Å². The van der Waals surface area contributed by atoms with E-state index in [1.165, 1.54) is 25.3 Å². The number of benzene rings is 3. The molecule has 3 nitrogen and oxygen atoms in total. The molecule has 1 heterocycles. The average molecular weight is 551 g/mol. The fourth-order valence-electron chi connectivity index (χ4n) is 4.81. The molecule has 0 aliphatic carbocycles. The van der Waals surface area contributed by atoms with Crippen LogP contribution in [0.1, 0.15) is 61.3 Å². The Morgan fingerprint density at radius 3 is 2.31 bits per heavy atom. The van der Waals surface area contributed by atoms with Gasteiger partial charge in [-0.25, -0.2) is 8.78 Å². The minimum Gasteiger partial charge on any atom is -0.373 e.